The Bertz CT molecular complexity index is 516. The van der Waals surface area contributed by atoms with Crippen LogP contribution in [-0.4, -0.2) is 35.7 Å². The summed E-state index contributed by atoms with van der Waals surface area (Å²) in [4.78, 5) is 16.5. The van der Waals surface area contributed by atoms with Crippen LogP contribution in [0, 0.1) is 11.8 Å². The van der Waals surface area contributed by atoms with Crippen LogP contribution in [0.1, 0.15) is 50.3 Å². The zero-order chi connectivity index (χ0) is 18.1. The van der Waals surface area contributed by atoms with E-state index in [0.29, 0.717) is 29.9 Å². The molecule has 2 heterocycles. The molecule has 1 unspecified atom stereocenters. The van der Waals surface area contributed by atoms with Crippen molar-refractivity contribution in [3.8, 4) is 5.88 Å². The molecule has 1 aromatic rings. The Morgan fingerprint density at radius 3 is 2.76 bits per heavy atom. The molecule has 6 heteroatoms. The number of carbonyl (C=O) groups excluding carboxylic acids is 1. The van der Waals surface area contributed by atoms with E-state index >= 15 is 0 Å². The van der Waals surface area contributed by atoms with Gasteiger partial charge in [-0.2, -0.15) is 12.6 Å². The van der Waals surface area contributed by atoms with Crippen LogP contribution in [0.2, 0.25) is 0 Å². The van der Waals surface area contributed by atoms with Gasteiger partial charge in [0, 0.05) is 48.2 Å². The summed E-state index contributed by atoms with van der Waals surface area (Å²) >= 11 is 5.97. The number of thioether (sulfide) groups is 1. The number of ketones is 1. The predicted molar refractivity (Wildman–Crippen MR) is 107 cm³/mol. The minimum Gasteiger partial charge on any atom is -0.478 e. The minimum atomic E-state index is 0.0590. The molecule has 0 aliphatic carbocycles. The van der Waals surface area contributed by atoms with Crippen molar-refractivity contribution in [2.75, 3.05) is 24.9 Å². The molecule has 0 N–H and O–H groups in total. The van der Waals surface area contributed by atoms with Crippen molar-refractivity contribution < 1.29 is 14.3 Å². The lowest BCUT2D eigenvalue weighted by atomic mass is 9.97. The molecule has 25 heavy (non-hydrogen) atoms. The lowest BCUT2D eigenvalue weighted by Crippen LogP contribution is -2.18. The number of aromatic nitrogens is 1. The quantitative estimate of drug-likeness (QED) is 0.474. The van der Waals surface area contributed by atoms with Crippen LogP contribution in [0.3, 0.4) is 0 Å². The van der Waals surface area contributed by atoms with Crippen molar-refractivity contribution in [1.29, 1.82) is 0 Å². The molecular weight excluding hydrogens is 354 g/mol. The normalized spacial score (nSPS) is 16.8. The fraction of sp³-hybridized carbons (Fsp3) is 0.684. The standard InChI is InChI=1S/C19H29NO3S2/c1-14(2)17(21)11-18(25-13-24)16-3-4-19(20-12-16)23-10-7-15-5-8-22-9-6-15/h3-4,12,14-15,18,24H,5-11,13H2,1-2H3. The van der Waals surface area contributed by atoms with E-state index in [1.54, 1.807) is 11.8 Å². The molecule has 2 rings (SSSR count). The average Bonchev–Trinajstić information content (AvgIpc) is 2.63. The number of thiol groups is 1. The molecule has 140 valence electrons. The third-order valence-corrected chi connectivity index (χ3v) is 5.99. The number of nitrogens with zero attached hydrogens (tertiary/aromatic N) is 1. The van der Waals surface area contributed by atoms with Gasteiger partial charge in [-0.1, -0.05) is 19.9 Å². The van der Waals surface area contributed by atoms with Crippen molar-refractivity contribution in [3.05, 3.63) is 23.9 Å². The third kappa shape index (κ3) is 7.19. The molecule has 0 spiro atoms. The second-order valence-corrected chi connectivity index (χ2v) is 8.67. The molecule has 1 atom stereocenters. The van der Waals surface area contributed by atoms with Gasteiger partial charge in [0.2, 0.25) is 5.88 Å². The van der Waals surface area contributed by atoms with E-state index in [1.165, 1.54) is 0 Å². The van der Waals surface area contributed by atoms with Crippen LogP contribution in [0.15, 0.2) is 18.3 Å². The summed E-state index contributed by atoms with van der Waals surface area (Å²) < 4.78 is 11.2. The summed E-state index contributed by atoms with van der Waals surface area (Å²) in [6, 6.07) is 3.93. The van der Waals surface area contributed by atoms with E-state index in [1.807, 2.05) is 32.2 Å². The Labute approximate surface area is 160 Å². The summed E-state index contributed by atoms with van der Waals surface area (Å²) in [5.74, 6) is 1.69. The van der Waals surface area contributed by atoms with Gasteiger partial charge in [-0.15, -0.1) is 11.8 Å². The number of hydrogen-bond donors (Lipinski definition) is 1. The molecule has 0 amide bonds. The van der Waals surface area contributed by atoms with Gasteiger partial charge < -0.3 is 9.47 Å². The van der Waals surface area contributed by atoms with Crippen molar-refractivity contribution >= 4 is 30.2 Å². The summed E-state index contributed by atoms with van der Waals surface area (Å²) in [5, 5.41) is 0.788. The fourth-order valence-corrected chi connectivity index (χ4v) is 4.15. The summed E-state index contributed by atoms with van der Waals surface area (Å²) in [6.07, 6.45) is 5.66. The van der Waals surface area contributed by atoms with E-state index in [0.717, 1.165) is 38.0 Å². The molecular formula is C19H29NO3S2. The van der Waals surface area contributed by atoms with Gasteiger partial charge in [-0.05, 0) is 30.7 Å². The van der Waals surface area contributed by atoms with Gasteiger partial charge in [-0.3, -0.25) is 4.79 Å². The molecule has 0 radical (unpaired) electrons. The first-order chi connectivity index (χ1) is 12.1. The van der Waals surface area contributed by atoms with Crippen LogP contribution in [-0.2, 0) is 9.53 Å². The van der Waals surface area contributed by atoms with Crippen LogP contribution in [0.4, 0.5) is 0 Å². The number of rotatable bonds is 10. The van der Waals surface area contributed by atoms with Gasteiger partial charge in [-0.25, -0.2) is 4.98 Å². The Hall–Kier alpha value is -0.720. The number of carbonyl (C=O) groups is 1. The van der Waals surface area contributed by atoms with Crippen molar-refractivity contribution in [1.82, 2.24) is 4.98 Å². The average molecular weight is 384 g/mol. The minimum absolute atomic E-state index is 0.0590. The van der Waals surface area contributed by atoms with Crippen LogP contribution in [0.25, 0.3) is 0 Å². The van der Waals surface area contributed by atoms with Crippen LogP contribution < -0.4 is 4.74 Å². The molecule has 0 aromatic carbocycles. The van der Waals surface area contributed by atoms with Gasteiger partial charge in [0.25, 0.3) is 0 Å². The molecule has 0 saturated carbocycles. The van der Waals surface area contributed by atoms with E-state index in [4.69, 9.17) is 9.47 Å². The molecule has 1 saturated heterocycles. The van der Waals surface area contributed by atoms with E-state index in [2.05, 4.69) is 17.6 Å². The summed E-state index contributed by atoms with van der Waals surface area (Å²) in [5.41, 5.74) is 1.06. The molecule has 4 nitrogen and oxygen atoms in total. The zero-order valence-corrected chi connectivity index (χ0v) is 16.9. The number of Topliss-reactive ketones (excluding diaryl/α,β-unsaturated/α-hetero) is 1. The molecule has 1 aromatic heterocycles. The van der Waals surface area contributed by atoms with Crippen molar-refractivity contribution in [2.45, 2.75) is 44.8 Å². The van der Waals surface area contributed by atoms with Crippen molar-refractivity contribution in [3.63, 3.8) is 0 Å². The highest BCUT2D eigenvalue weighted by Crippen LogP contribution is 2.34. The fourth-order valence-electron chi connectivity index (χ4n) is 2.81. The molecule has 1 fully saturated rings. The van der Waals surface area contributed by atoms with E-state index in [-0.39, 0.29) is 17.0 Å². The van der Waals surface area contributed by atoms with Gasteiger partial charge >= 0.3 is 0 Å². The maximum atomic E-state index is 12.1. The lowest BCUT2D eigenvalue weighted by molar-refractivity contribution is -0.121. The highest BCUT2D eigenvalue weighted by Gasteiger charge is 2.19. The second kappa shape index (κ2) is 11.1. The van der Waals surface area contributed by atoms with Crippen LogP contribution in [0.5, 0.6) is 5.88 Å². The number of hydrogen-bond acceptors (Lipinski definition) is 6. The van der Waals surface area contributed by atoms with Gasteiger partial charge in [0.15, 0.2) is 0 Å². The lowest BCUT2D eigenvalue weighted by Gasteiger charge is -2.21. The highest BCUT2D eigenvalue weighted by molar-refractivity contribution is 8.09. The Morgan fingerprint density at radius 1 is 1.40 bits per heavy atom. The Balaban J connectivity index is 1.84. The SMILES string of the molecule is CC(C)C(=O)CC(SCS)c1ccc(OCCC2CCOCC2)nc1. The topological polar surface area (TPSA) is 48.4 Å². The molecule has 1 aliphatic heterocycles. The number of pyridine rings is 1. The maximum Gasteiger partial charge on any atom is 0.213 e. The second-order valence-electron chi connectivity index (χ2n) is 6.73. The first-order valence-electron chi connectivity index (χ1n) is 9.01. The van der Waals surface area contributed by atoms with E-state index < -0.39 is 0 Å². The van der Waals surface area contributed by atoms with Gasteiger partial charge in [0.1, 0.15) is 5.78 Å². The van der Waals surface area contributed by atoms with Gasteiger partial charge in [0.05, 0.1) is 6.61 Å². The van der Waals surface area contributed by atoms with Crippen molar-refractivity contribution in [2.24, 2.45) is 11.8 Å². The first-order valence-corrected chi connectivity index (χ1v) is 10.7. The maximum absolute atomic E-state index is 12.1. The third-order valence-electron chi connectivity index (χ3n) is 4.55. The summed E-state index contributed by atoms with van der Waals surface area (Å²) in [7, 11) is 0. The first kappa shape index (κ1) is 20.6. The monoisotopic (exact) mass is 383 g/mol. The molecule has 0 bridgehead atoms. The number of ether oxygens (including phenoxy) is 2. The Kier molecular flexibility index (Phi) is 9.13. The Morgan fingerprint density at radius 2 is 2.16 bits per heavy atom. The zero-order valence-electron chi connectivity index (χ0n) is 15.1. The smallest absolute Gasteiger partial charge is 0.213 e. The summed E-state index contributed by atoms with van der Waals surface area (Å²) in [6.45, 7) is 6.32. The van der Waals surface area contributed by atoms with E-state index in [9.17, 15) is 4.79 Å². The highest BCUT2D eigenvalue weighted by atomic mass is 32.2. The van der Waals surface area contributed by atoms with Crippen LogP contribution >= 0.6 is 24.4 Å². The largest absolute Gasteiger partial charge is 0.478 e. The predicted octanol–water partition coefficient (Wildman–Crippen LogP) is 4.55. The molecule has 1 aliphatic rings.